The second-order valence-electron chi connectivity index (χ2n) is 5.25. The van der Waals surface area contributed by atoms with Crippen LogP contribution < -0.4 is 15.4 Å². The Bertz CT molecular complexity index is 539. The number of benzene rings is 2. The van der Waals surface area contributed by atoms with E-state index in [4.69, 9.17) is 10.5 Å². The van der Waals surface area contributed by atoms with E-state index >= 15 is 0 Å². The molecule has 1 atom stereocenters. The molecule has 1 heterocycles. The summed E-state index contributed by atoms with van der Waals surface area (Å²) >= 11 is 0. The lowest BCUT2D eigenvalue weighted by Crippen LogP contribution is -2.22. The molecule has 20 heavy (non-hydrogen) atoms. The molecule has 1 fully saturated rings. The van der Waals surface area contributed by atoms with Gasteiger partial charge in [0.2, 0.25) is 0 Å². The molecule has 3 nitrogen and oxygen atoms in total. The van der Waals surface area contributed by atoms with Gasteiger partial charge in [-0.25, -0.2) is 0 Å². The van der Waals surface area contributed by atoms with Crippen LogP contribution in [-0.2, 0) is 0 Å². The average molecular weight is 268 g/mol. The molecule has 2 aromatic rings. The molecule has 1 aliphatic heterocycles. The number of para-hydroxylation sites is 1. The average Bonchev–Trinajstić information content (AvgIpc) is 2.98. The Kier molecular flexibility index (Phi) is 3.88. The summed E-state index contributed by atoms with van der Waals surface area (Å²) in [6.07, 6.45) is 1.19. The third kappa shape index (κ3) is 2.94. The number of ether oxygens (including phenoxy) is 1. The van der Waals surface area contributed by atoms with Crippen LogP contribution >= 0.6 is 0 Å². The van der Waals surface area contributed by atoms with E-state index in [-0.39, 0.29) is 0 Å². The van der Waals surface area contributed by atoms with Crippen molar-refractivity contribution in [3.63, 3.8) is 0 Å². The Hall–Kier alpha value is -2.00. The predicted molar refractivity (Wildman–Crippen MR) is 82.3 cm³/mol. The summed E-state index contributed by atoms with van der Waals surface area (Å²) in [5, 5.41) is 0. The van der Waals surface area contributed by atoms with Crippen LogP contribution in [0.2, 0.25) is 0 Å². The molecule has 2 aromatic carbocycles. The summed E-state index contributed by atoms with van der Waals surface area (Å²) in [6.45, 7) is 2.95. The zero-order valence-corrected chi connectivity index (χ0v) is 11.5. The van der Waals surface area contributed by atoms with Crippen LogP contribution in [0.4, 0.5) is 5.69 Å². The van der Waals surface area contributed by atoms with Crippen LogP contribution in [0, 0.1) is 5.92 Å². The van der Waals surface area contributed by atoms with Crippen LogP contribution in [0.15, 0.2) is 54.6 Å². The summed E-state index contributed by atoms with van der Waals surface area (Å²) in [5.74, 6) is 2.37. The normalized spacial score (nSPS) is 18.2. The highest BCUT2D eigenvalue weighted by Gasteiger charge is 2.21. The third-order valence-corrected chi connectivity index (χ3v) is 3.80. The second-order valence-corrected chi connectivity index (χ2v) is 5.25. The van der Waals surface area contributed by atoms with Gasteiger partial charge in [0.1, 0.15) is 11.5 Å². The second kappa shape index (κ2) is 5.97. The van der Waals surface area contributed by atoms with E-state index in [0.29, 0.717) is 5.92 Å². The fourth-order valence-corrected chi connectivity index (χ4v) is 2.61. The van der Waals surface area contributed by atoms with Gasteiger partial charge in [0.25, 0.3) is 0 Å². The van der Waals surface area contributed by atoms with Crippen molar-refractivity contribution >= 4 is 5.69 Å². The highest BCUT2D eigenvalue weighted by molar-refractivity contribution is 5.50. The number of rotatable bonds is 4. The molecule has 0 aromatic heterocycles. The topological polar surface area (TPSA) is 38.5 Å². The number of nitrogens with two attached hydrogens (primary N) is 1. The van der Waals surface area contributed by atoms with Gasteiger partial charge in [-0.2, -0.15) is 0 Å². The molecule has 0 saturated carbocycles. The lowest BCUT2D eigenvalue weighted by atomic mass is 10.1. The summed E-state index contributed by atoms with van der Waals surface area (Å²) in [6, 6.07) is 18.1. The Morgan fingerprint density at radius 2 is 1.70 bits per heavy atom. The van der Waals surface area contributed by atoms with E-state index in [2.05, 4.69) is 17.0 Å². The molecular weight excluding hydrogens is 248 g/mol. The zero-order valence-electron chi connectivity index (χ0n) is 11.5. The minimum Gasteiger partial charge on any atom is -0.457 e. The lowest BCUT2D eigenvalue weighted by molar-refractivity contribution is 0.482. The van der Waals surface area contributed by atoms with Gasteiger partial charge in [-0.3, -0.25) is 0 Å². The van der Waals surface area contributed by atoms with Crippen molar-refractivity contribution in [1.82, 2.24) is 0 Å². The van der Waals surface area contributed by atoms with Gasteiger partial charge in [0.15, 0.2) is 0 Å². The van der Waals surface area contributed by atoms with Crippen molar-refractivity contribution in [2.75, 3.05) is 24.5 Å². The first kappa shape index (κ1) is 13.0. The number of anilines is 1. The molecule has 1 aliphatic rings. The Labute approximate surface area is 120 Å². The molecule has 0 spiro atoms. The van der Waals surface area contributed by atoms with Crippen LogP contribution in [0.3, 0.4) is 0 Å². The SMILES string of the molecule is NCC1CCN(c2ccc(Oc3ccccc3)cc2)C1. The molecule has 2 N–H and O–H groups in total. The van der Waals surface area contributed by atoms with Crippen LogP contribution in [0.1, 0.15) is 6.42 Å². The van der Waals surface area contributed by atoms with Crippen molar-refractivity contribution < 1.29 is 4.74 Å². The van der Waals surface area contributed by atoms with Crippen molar-refractivity contribution in [1.29, 1.82) is 0 Å². The van der Waals surface area contributed by atoms with E-state index in [1.807, 2.05) is 42.5 Å². The maximum absolute atomic E-state index is 5.80. The lowest BCUT2D eigenvalue weighted by Gasteiger charge is -2.18. The molecule has 1 unspecified atom stereocenters. The Morgan fingerprint density at radius 3 is 2.35 bits per heavy atom. The molecule has 0 amide bonds. The molecule has 1 saturated heterocycles. The highest BCUT2D eigenvalue weighted by atomic mass is 16.5. The molecule has 0 radical (unpaired) electrons. The number of hydrogen-bond donors (Lipinski definition) is 1. The standard InChI is InChI=1S/C17H20N2O/c18-12-14-10-11-19(13-14)15-6-8-17(9-7-15)20-16-4-2-1-3-5-16/h1-9,14H,10-13,18H2. The number of nitrogens with zero attached hydrogens (tertiary/aromatic N) is 1. The minimum absolute atomic E-state index is 0.634. The van der Waals surface area contributed by atoms with Crippen LogP contribution in [-0.4, -0.2) is 19.6 Å². The van der Waals surface area contributed by atoms with Gasteiger partial charge in [0.05, 0.1) is 0 Å². The van der Waals surface area contributed by atoms with Gasteiger partial charge < -0.3 is 15.4 Å². The summed E-state index contributed by atoms with van der Waals surface area (Å²) in [4.78, 5) is 2.39. The smallest absolute Gasteiger partial charge is 0.127 e. The van der Waals surface area contributed by atoms with Crippen molar-refractivity contribution in [3.8, 4) is 11.5 Å². The summed E-state index contributed by atoms with van der Waals surface area (Å²) in [5.41, 5.74) is 6.99. The first-order valence-electron chi connectivity index (χ1n) is 7.13. The van der Waals surface area contributed by atoms with Crippen LogP contribution in [0.25, 0.3) is 0 Å². The van der Waals surface area contributed by atoms with Gasteiger partial charge >= 0.3 is 0 Å². The first-order chi connectivity index (χ1) is 9.85. The van der Waals surface area contributed by atoms with E-state index in [1.165, 1.54) is 12.1 Å². The summed E-state index contributed by atoms with van der Waals surface area (Å²) < 4.78 is 5.80. The Morgan fingerprint density at radius 1 is 1.00 bits per heavy atom. The van der Waals surface area contributed by atoms with E-state index < -0.39 is 0 Å². The van der Waals surface area contributed by atoms with Crippen molar-refractivity contribution in [3.05, 3.63) is 54.6 Å². The van der Waals surface area contributed by atoms with Crippen molar-refractivity contribution in [2.24, 2.45) is 11.7 Å². The van der Waals surface area contributed by atoms with Crippen LogP contribution in [0.5, 0.6) is 11.5 Å². The van der Waals surface area contributed by atoms with Gasteiger partial charge in [-0.15, -0.1) is 0 Å². The first-order valence-corrected chi connectivity index (χ1v) is 7.13. The monoisotopic (exact) mass is 268 g/mol. The number of hydrogen-bond acceptors (Lipinski definition) is 3. The fourth-order valence-electron chi connectivity index (χ4n) is 2.61. The molecular formula is C17H20N2O. The highest BCUT2D eigenvalue weighted by Crippen LogP contribution is 2.27. The summed E-state index contributed by atoms with van der Waals surface area (Å²) in [7, 11) is 0. The Balaban J connectivity index is 1.66. The maximum Gasteiger partial charge on any atom is 0.127 e. The molecule has 104 valence electrons. The van der Waals surface area contributed by atoms with Gasteiger partial charge in [-0.05, 0) is 55.3 Å². The molecule has 0 bridgehead atoms. The minimum atomic E-state index is 0.634. The molecule has 0 aliphatic carbocycles. The maximum atomic E-state index is 5.80. The zero-order chi connectivity index (χ0) is 13.8. The van der Waals surface area contributed by atoms with Crippen molar-refractivity contribution in [2.45, 2.75) is 6.42 Å². The quantitative estimate of drug-likeness (QED) is 0.925. The molecule has 3 rings (SSSR count). The van der Waals surface area contributed by atoms with Gasteiger partial charge in [0, 0.05) is 18.8 Å². The van der Waals surface area contributed by atoms with E-state index in [0.717, 1.165) is 31.1 Å². The fraction of sp³-hybridized carbons (Fsp3) is 0.294. The predicted octanol–water partition coefficient (Wildman–Crippen LogP) is 3.26. The van der Waals surface area contributed by atoms with E-state index in [1.54, 1.807) is 0 Å². The molecule has 3 heteroatoms. The third-order valence-electron chi connectivity index (χ3n) is 3.80. The largest absolute Gasteiger partial charge is 0.457 e. The van der Waals surface area contributed by atoms with Gasteiger partial charge in [-0.1, -0.05) is 18.2 Å². The van der Waals surface area contributed by atoms with E-state index in [9.17, 15) is 0 Å².